The maximum atomic E-state index is 12.6. The smallest absolute Gasteiger partial charge is 0.265 e. The van der Waals surface area contributed by atoms with Crippen molar-refractivity contribution in [3.8, 4) is 11.8 Å². The van der Waals surface area contributed by atoms with Gasteiger partial charge < -0.3 is 15.4 Å². The molecule has 1 fully saturated rings. The number of rotatable bonds is 4. The molecule has 4 nitrogen and oxygen atoms in total. The molecule has 114 valence electrons. The lowest BCUT2D eigenvalue weighted by Crippen LogP contribution is -2.43. The summed E-state index contributed by atoms with van der Waals surface area (Å²) in [6.07, 6.45) is 3.21. The average molecular weight is 306 g/mol. The molecular formula is C16H22N2O2S. The van der Waals surface area contributed by atoms with Gasteiger partial charge in [0.1, 0.15) is 4.88 Å². The van der Waals surface area contributed by atoms with Crippen LogP contribution < -0.4 is 5.73 Å². The topological polar surface area (TPSA) is 55.6 Å². The minimum atomic E-state index is 0.0659. The Morgan fingerprint density at radius 3 is 3.24 bits per heavy atom. The van der Waals surface area contributed by atoms with E-state index in [-0.39, 0.29) is 12.0 Å². The number of hydrogen-bond acceptors (Lipinski definition) is 4. The fourth-order valence-electron chi connectivity index (χ4n) is 2.41. The number of amides is 1. The largest absolute Gasteiger partial charge is 0.376 e. The lowest BCUT2D eigenvalue weighted by atomic mass is 10.1. The first kappa shape index (κ1) is 16.0. The SMILES string of the molecule is CCCOC1CCCN(C(=O)c2sccc2C#CCN)C1. The van der Waals surface area contributed by atoms with Gasteiger partial charge in [0.2, 0.25) is 0 Å². The molecule has 1 aliphatic heterocycles. The molecule has 1 aromatic heterocycles. The van der Waals surface area contributed by atoms with Gasteiger partial charge in [0, 0.05) is 25.3 Å². The van der Waals surface area contributed by atoms with Crippen LogP contribution in [0.1, 0.15) is 41.4 Å². The summed E-state index contributed by atoms with van der Waals surface area (Å²) in [7, 11) is 0. The van der Waals surface area contributed by atoms with Gasteiger partial charge in [-0.15, -0.1) is 11.3 Å². The number of ether oxygens (including phenoxy) is 1. The van der Waals surface area contributed by atoms with Gasteiger partial charge in [-0.25, -0.2) is 0 Å². The number of likely N-dealkylation sites (tertiary alicyclic amines) is 1. The van der Waals surface area contributed by atoms with Gasteiger partial charge in [-0.05, 0) is 30.7 Å². The van der Waals surface area contributed by atoms with Crippen LogP contribution in [-0.2, 0) is 4.74 Å². The average Bonchev–Trinajstić information content (AvgIpc) is 2.98. The maximum Gasteiger partial charge on any atom is 0.265 e. The van der Waals surface area contributed by atoms with Gasteiger partial charge >= 0.3 is 0 Å². The molecule has 1 aliphatic rings. The highest BCUT2D eigenvalue weighted by atomic mass is 32.1. The summed E-state index contributed by atoms with van der Waals surface area (Å²) in [6.45, 7) is 4.64. The van der Waals surface area contributed by atoms with Crippen LogP contribution in [0.2, 0.25) is 0 Å². The van der Waals surface area contributed by atoms with Crippen molar-refractivity contribution in [3.05, 3.63) is 21.9 Å². The maximum absolute atomic E-state index is 12.6. The number of nitrogens with two attached hydrogens (primary N) is 1. The fraction of sp³-hybridized carbons (Fsp3) is 0.562. The van der Waals surface area contributed by atoms with Crippen molar-refractivity contribution >= 4 is 17.2 Å². The molecule has 0 aromatic carbocycles. The van der Waals surface area contributed by atoms with Crippen LogP contribution in [0.3, 0.4) is 0 Å². The van der Waals surface area contributed by atoms with Gasteiger partial charge in [0.05, 0.1) is 12.6 Å². The first-order chi connectivity index (χ1) is 10.3. The highest BCUT2D eigenvalue weighted by Gasteiger charge is 2.26. The number of carbonyl (C=O) groups excluding carboxylic acids is 1. The van der Waals surface area contributed by atoms with Gasteiger partial charge in [-0.1, -0.05) is 18.8 Å². The second-order valence-electron chi connectivity index (χ2n) is 5.06. The van der Waals surface area contributed by atoms with Crippen LogP contribution in [0.4, 0.5) is 0 Å². The second kappa shape index (κ2) is 8.18. The Hall–Kier alpha value is -1.35. The number of hydrogen-bond donors (Lipinski definition) is 1. The lowest BCUT2D eigenvalue weighted by Gasteiger charge is -2.32. The number of nitrogens with zero attached hydrogens (tertiary/aromatic N) is 1. The third-order valence-electron chi connectivity index (χ3n) is 3.41. The molecular weight excluding hydrogens is 284 g/mol. The molecule has 1 amide bonds. The van der Waals surface area contributed by atoms with Gasteiger partial charge in [-0.2, -0.15) is 0 Å². The summed E-state index contributed by atoms with van der Waals surface area (Å²) in [5.74, 6) is 5.86. The minimum absolute atomic E-state index is 0.0659. The van der Waals surface area contributed by atoms with E-state index in [9.17, 15) is 4.79 Å². The molecule has 0 spiro atoms. The summed E-state index contributed by atoms with van der Waals surface area (Å²) >= 11 is 1.45. The van der Waals surface area contributed by atoms with Crippen LogP contribution in [0.15, 0.2) is 11.4 Å². The second-order valence-corrected chi connectivity index (χ2v) is 5.97. The molecule has 0 aliphatic carbocycles. The normalized spacial score (nSPS) is 18.2. The van der Waals surface area contributed by atoms with Crippen LogP contribution in [0.5, 0.6) is 0 Å². The lowest BCUT2D eigenvalue weighted by molar-refractivity contribution is 0.00226. The molecule has 5 heteroatoms. The molecule has 1 unspecified atom stereocenters. The van der Waals surface area contributed by atoms with Crippen LogP contribution in [-0.4, -0.2) is 43.2 Å². The Morgan fingerprint density at radius 1 is 1.62 bits per heavy atom. The zero-order valence-electron chi connectivity index (χ0n) is 12.4. The van der Waals surface area contributed by atoms with E-state index in [4.69, 9.17) is 10.5 Å². The standard InChI is InChI=1S/C16H22N2O2S/c1-2-10-20-14-6-4-9-18(12-14)16(19)15-13(5-3-8-17)7-11-21-15/h7,11,14H,2,4,6,8-10,12,17H2,1H3. The van der Waals surface area contributed by atoms with Crippen molar-refractivity contribution in [1.82, 2.24) is 4.90 Å². The quantitative estimate of drug-likeness (QED) is 0.867. The fourth-order valence-corrected chi connectivity index (χ4v) is 3.22. The molecule has 1 aromatic rings. The zero-order chi connectivity index (χ0) is 15.1. The van der Waals surface area contributed by atoms with E-state index in [1.807, 2.05) is 16.3 Å². The Labute approximate surface area is 130 Å². The van der Waals surface area contributed by atoms with Crippen molar-refractivity contribution in [2.45, 2.75) is 32.3 Å². The molecule has 1 atom stereocenters. The van der Waals surface area contributed by atoms with E-state index in [0.717, 1.165) is 38.0 Å². The first-order valence-corrected chi connectivity index (χ1v) is 8.31. The summed E-state index contributed by atoms with van der Waals surface area (Å²) in [5, 5.41) is 1.91. The Balaban J connectivity index is 2.04. The third-order valence-corrected chi connectivity index (χ3v) is 4.31. The van der Waals surface area contributed by atoms with Gasteiger partial charge in [0.25, 0.3) is 5.91 Å². The number of thiophene rings is 1. The third kappa shape index (κ3) is 4.31. The Bertz CT molecular complexity index is 530. The van der Waals surface area contributed by atoms with E-state index in [2.05, 4.69) is 18.8 Å². The van der Waals surface area contributed by atoms with Crippen molar-refractivity contribution < 1.29 is 9.53 Å². The first-order valence-electron chi connectivity index (χ1n) is 7.43. The minimum Gasteiger partial charge on any atom is -0.376 e. The Morgan fingerprint density at radius 2 is 2.48 bits per heavy atom. The van der Waals surface area contributed by atoms with Crippen molar-refractivity contribution in [2.24, 2.45) is 5.73 Å². The van der Waals surface area contributed by atoms with Crippen LogP contribution >= 0.6 is 11.3 Å². The van der Waals surface area contributed by atoms with E-state index < -0.39 is 0 Å². The summed E-state index contributed by atoms with van der Waals surface area (Å²) < 4.78 is 5.79. The van der Waals surface area contributed by atoms with E-state index in [0.29, 0.717) is 18.0 Å². The van der Waals surface area contributed by atoms with Crippen molar-refractivity contribution in [2.75, 3.05) is 26.2 Å². The molecule has 0 radical (unpaired) electrons. The Kier molecular flexibility index (Phi) is 6.24. The summed E-state index contributed by atoms with van der Waals surface area (Å²) in [6, 6.07) is 1.88. The monoisotopic (exact) mass is 306 g/mol. The van der Waals surface area contributed by atoms with Crippen molar-refractivity contribution in [3.63, 3.8) is 0 Å². The molecule has 1 saturated heterocycles. The van der Waals surface area contributed by atoms with Gasteiger partial charge in [-0.3, -0.25) is 4.79 Å². The molecule has 21 heavy (non-hydrogen) atoms. The van der Waals surface area contributed by atoms with E-state index in [1.54, 1.807) is 0 Å². The molecule has 2 heterocycles. The highest BCUT2D eigenvalue weighted by Crippen LogP contribution is 2.21. The summed E-state index contributed by atoms with van der Waals surface area (Å²) in [5.41, 5.74) is 6.18. The number of piperidine rings is 1. The molecule has 0 bridgehead atoms. The van der Waals surface area contributed by atoms with Crippen LogP contribution in [0.25, 0.3) is 0 Å². The molecule has 0 saturated carbocycles. The van der Waals surface area contributed by atoms with Crippen LogP contribution in [0, 0.1) is 11.8 Å². The predicted molar refractivity (Wildman–Crippen MR) is 85.4 cm³/mol. The zero-order valence-corrected chi connectivity index (χ0v) is 13.2. The molecule has 2 rings (SSSR count). The predicted octanol–water partition coefficient (Wildman–Crippen LogP) is 2.09. The van der Waals surface area contributed by atoms with E-state index in [1.165, 1.54) is 11.3 Å². The van der Waals surface area contributed by atoms with E-state index >= 15 is 0 Å². The summed E-state index contributed by atoms with van der Waals surface area (Å²) in [4.78, 5) is 15.3. The number of carbonyl (C=O) groups is 1. The highest BCUT2D eigenvalue weighted by molar-refractivity contribution is 7.12. The van der Waals surface area contributed by atoms with Gasteiger partial charge in [0.15, 0.2) is 0 Å². The van der Waals surface area contributed by atoms with Crippen molar-refractivity contribution in [1.29, 1.82) is 0 Å². The molecule has 2 N–H and O–H groups in total.